The Morgan fingerprint density at radius 2 is 1.64 bits per heavy atom. The summed E-state index contributed by atoms with van der Waals surface area (Å²) in [6, 6.07) is 13.5. The Morgan fingerprint density at radius 3 is 2.28 bits per heavy atom. The van der Waals surface area contributed by atoms with Crippen molar-refractivity contribution < 1.29 is 14.4 Å². The van der Waals surface area contributed by atoms with Gasteiger partial charge in [0, 0.05) is 21.2 Å². The van der Waals surface area contributed by atoms with Gasteiger partial charge in [0.25, 0.3) is 11.1 Å². The number of imide groups is 1. The number of Topliss-reactive ketones (excluding diaryl/α,β-unsaturated/α-hetero) is 1. The van der Waals surface area contributed by atoms with Gasteiger partial charge in [0.1, 0.15) is 0 Å². The van der Waals surface area contributed by atoms with Crippen molar-refractivity contribution >= 4 is 58.0 Å². The molecule has 0 atom stereocenters. The molecule has 1 heterocycles. The van der Waals surface area contributed by atoms with Gasteiger partial charge in [-0.25, -0.2) is 0 Å². The van der Waals surface area contributed by atoms with E-state index in [0.717, 1.165) is 16.7 Å². The summed E-state index contributed by atoms with van der Waals surface area (Å²) < 4.78 is 0. The number of benzene rings is 2. The fourth-order valence-corrected chi connectivity index (χ4v) is 3.60. The molecule has 25 heavy (non-hydrogen) atoms. The number of nitrogens with zero attached hydrogens (tertiary/aromatic N) is 1. The Bertz CT molecular complexity index is 876. The molecule has 1 aliphatic rings. The van der Waals surface area contributed by atoms with Crippen LogP contribution < -0.4 is 0 Å². The number of ketones is 1. The van der Waals surface area contributed by atoms with Crippen LogP contribution in [0, 0.1) is 0 Å². The van der Waals surface area contributed by atoms with E-state index in [9.17, 15) is 14.4 Å². The summed E-state index contributed by atoms with van der Waals surface area (Å²) in [4.78, 5) is 38.0. The number of halogens is 2. The second-order valence-electron chi connectivity index (χ2n) is 5.19. The summed E-state index contributed by atoms with van der Waals surface area (Å²) in [5.41, 5.74) is 0.908. The molecule has 0 radical (unpaired) electrons. The molecule has 0 aromatic heterocycles. The highest BCUT2D eigenvalue weighted by Crippen LogP contribution is 2.35. The zero-order valence-corrected chi connectivity index (χ0v) is 15.1. The first-order valence-electron chi connectivity index (χ1n) is 7.25. The first-order valence-corrected chi connectivity index (χ1v) is 8.82. The third-order valence-corrected chi connectivity index (χ3v) is 5.11. The molecule has 0 saturated carbocycles. The lowest BCUT2D eigenvalue weighted by molar-refractivity contribution is -0.122. The van der Waals surface area contributed by atoms with Crippen LogP contribution in [-0.2, 0) is 4.79 Å². The van der Waals surface area contributed by atoms with Crippen LogP contribution in [0.4, 0.5) is 4.79 Å². The molecule has 2 amide bonds. The number of thioether (sulfide) groups is 1. The molecule has 1 fully saturated rings. The summed E-state index contributed by atoms with van der Waals surface area (Å²) in [5, 5.41) is 0.253. The van der Waals surface area contributed by atoms with Crippen molar-refractivity contribution in [2.75, 3.05) is 6.54 Å². The van der Waals surface area contributed by atoms with E-state index in [1.807, 2.05) is 0 Å². The monoisotopic (exact) mass is 391 g/mol. The SMILES string of the molecule is O=C(CN1C(=O)S/C(=C/c2c(Cl)cccc2Cl)C1=O)c1ccccc1. The van der Waals surface area contributed by atoms with Gasteiger partial charge in [-0.1, -0.05) is 59.6 Å². The van der Waals surface area contributed by atoms with E-state index < -0.39 is 11.1 Å². The standard InChI is InChI=1S/C18H11Cl2NO3S/c19-13-7-4-8-14(20)12(13)9-16-17(23)21(18(24)25-16)10-15(22)11-5-2-1-3-6-11/h1-9H,10H2/b16-9+. The quantitative estimate of drug-likeness (QED) is 0.548. The van der Waals surface area contributed by atoms with Crippen LogP contribution in [0.15, 0.2) is 53.4 Å². The van der Waals surface area contributed by atoms with Gasteiger partial charge in [-0.2, -0.15) is 0 Å². The lowest BCUT2D eigenvalue weighted by Gasteiger charge is -2.11. The molecular formula is C18H11Cl2NO3S. The first-order chi connectivity index (χ1) is 12.0. The highest BCUT2D eigenvalue weighted by molar-refractivity contribution is 8.18. The van der Waals surface area contributed by atoms with E-state index in [2.05, 4.69) is 0 Å². The van der Waals surface area contributed by atoms with Gasteiger partial charge in [0.05, 0.1) is 11.4 Å². The molecule has 0 aliphatic carbocycles. The van der Waals surface area contributed by atoms with E-state index in [1.54, 1.807) is 48.5 Å². The summed E-state index contributed by atoms with van der Waals surface area (Å²) >= 11 is 12.9. The number of hydrogen-bond donors (Lipinski definition) is 0. The van der Waals surface area contributed by atoms with Crippen LogP contribution in [0.2, 0.25) is 10.0 Å². The van der Waals surface area contributed by atoms with Crippen molar-refractivity contribution in [2.24, 2.45) is 0 Å². The highest BCUT2D eigenvalue weighted by atomic mass is 35.5. The van der Waals surface area contributed by atoms with Crippen molar-refractivity contribution in [1.82, 2.24) is 4.90 Å². The molecule has 0 N–H and O–H groups in total. The van der Waals surface area contributed by atoms with E-state index in [4.69, 9.17) is 23.2 Å². The second-order valence-corrected chi connectivity index (χ2v) is 7.00. The largest absolute Gasteiger partial charge is 0.293 e. The number of hydrogen-bond acceptors (Lipinski definition) is 4. The minimum Gasteiger partial charge on any atom is -0.292 e. The van der Waals surface area contributed by atoms with Crippen molar-refractivity contribution in [3.8, 4) is 0 Å². The van der Waals surface area contributed by atoms with Crippen LogP contribution in [0.3, 0.4) is 0 Å². The number of rotatable bonds is 4. The van der Waals surface area contributed by atoms with Gasteiger partial charge < -0.3 is 0 Å². The average molecular weight is 392 g/mol. The van der Waals surface area contributed by atoms with E-state index in [1.165, 1.54) is 6.08 Å². The van der Waals surface area contributed by atoms with Gasteiger partial charge in [-0.05, 0) is 30.0 Å². The van der Waals surface area contributed by atoms with Gasteiger partial charge in [-0.15, -0.1) is 0 Å². The smallest absolute Gasteiger partial charge is 0.292 e. The lowest BCUT2D eigenvalue weighted by Crippen LogP contribution is -2.33. The molecule has 126 valence electrons. The Balaban J connectivity index is 1.83. The van der Waals surface area contributed by atoms with Crippen LogP contribution in [-0.4, -0.2) is 28.4 Å². The maximum atomic E-state index is 12.5. The van der Waals surface area contributed by atoms with Gasteiger partial charge in [0.15, 0.2) is 5.78 Å². The molecule has 4 nitrogen and oxygen atoms in total. The van der Waals surface area contributed by atoms with Crippen molar-refractivity contribution in [1.29, 1.82) is 0 Å². The first kappa shape index (κ1) is 17.7. The number of amides is 2. The molecule has 1 saturated heterocycles. The van der Waals surface area contributed by atoms with Crippen molar-refractivity contribution in [3.63, 3.8) is 0 Å². The minimum atomic E-state index is -0.532. The maximum Gasteiger partial charge on any atom is 0.293 e. The Kier molecular flexibility index (Phi) is 5.27. The number of carbonyl (C=O) groups excluding carboxylic acids is 3. The Hall–Kier alpha value is -2.08. The molecular weight excluding hydrogens is 381 g/mol. The maximum absolute atomic E-state index is 12.5. The molecule has 0 bridgehead atoms. The third kappa shape index (κ3) is 3.79. The van der Waals surface area contributed by atoms with Gasteiger partial charge in [-0.3, -0.25) is 19.3 Å². The Labute approximate surface area is 158 Å². The fraction of sp³-hybridized carbons (Fsp3) is 0.0556. The summed E-state index contributed by atoms with van der Waals surface area (Å²) in [6.07, 6.45) is 1.47. The predicted molar refractivity (Wildman–Crippen MR) is 99.9 cm³/mol. The third-order valence-electron chi connectivity index (χ3n) is 3.55. The van der Waals surface area contributed by atoms with E-state index in [0.29, 0.717) is 21.2 Å². The van der Waals surface area contributed by atoms with Gasteiger partial charge >= 0.3 is 0 Å². The molecule has 2 aromatic carbocycles. The predicted octanol–water partition coefficient (Wildman–Crippen LogP) is 4.91. The average Bonchev–Trinajstić information content (AvgIpc) is 2.86. The van der Waals surface area contributed by atoms with Crippen LogP contribution in [0.5, 0.6) is 0 Å². The minimum absolute atomic E-state index is 0.181. The van der Waals surface area contributed by atoms with Crippen LogP contribution >= 0.6 is 35.0 Å². The number of carbonyl (C=O) groups is 3. The van der Waals surface area contributed by atoms with Crippen molar-refractivity contribution in [3.05, 3.63) is 74.6 Å². The zero-order chi connectivity index (χ0) is 18.0. The van der Waals surface area contributed by atoms with Gasteiger partial charge in [0.2, 0.25) is 0 Å². The second kappa shape index (κ2) is 7.44. The molecule has 3 rings (SSSR count). The summed E-state index contributed by atoms with van der Waals surface area (Å²) in [5.74, 6) is -0.838. The van der Waals surface area contributed by atoms with Crippen LogP contribution in [0.25, 0.3) is 6.08 Å². The van der Waals surface area contributed by atoms with Crippen molar-refractivity contribution in [2.45, 2.75) is 0 Å². The zero-order valence-electron chi connectivity index (χ0n) is 12.7. The fourth-order valence-electron chi connectivity index (χ4n) is 2.27. The highest BCUT2D eigenvalue weighted by Gasteiger charge is 2.36. The van der Waals surface area contributed by atoms with Crippen LogP contribution in [0.1, 0.15) is 15.9 Å². The molecule has 0 spiro atoms. The topological polar surface area (TPSA) is 54.5 Å². The normalized spacial score (nSPS) is 15.9. The summed E-state index contributed by atoms with van der Waals surface area (Å²) in [7, 11) is 0. The molecule has 7 heteroatoms. The molecule has 1 aliphatic heterocycles. The van der Waals surface area contributed by atoms with E-state index >= 15 is 0 Å². The summed E-state index contributed by atoms with van der Waals surface area (Å²) in [6.45, 7) is -0.303. The molecule has 2 aromatic rings. The molecule has 0 unspecified atom stereocenters. The lowest BCUT2D eigenvalue weighted by atomic mass is 10.1. The Morgan fingerprint density at radius 1 is 1.00 bits per heavy atom. The van der Waals surface area contributed by atoms with E-state index in [-0.39, 0.29) is 17.2 Å².